The predicted octanol–water partition coefficient (Wildman–Crippen LogP) is 2.80. The van der Waals surface area contributed by atoms with Crippen molar-refractivity contribution in [3.8, 4) is 0 Å². The highest BCUT2D eigenvalue weighted by atomic mass is 79.9. The number of nitrogens with two attached hydrogens (primary N) is 1. The van der Waals surface area contributed by atoms with E-state index in [0.29, 0.717) is 16.6 Å². The first-order valence-corrected chi connectivity index (χ1v) is 4.78. The minimum atomic E-state index is -2.50. The molecule has 0 aliphatic carbocycles. The minimum Gasteiger partial charge on any atom is -0.384 e. The van der Waals surface area contributed by atoms with Gasteiger partial charge in [-0.2, -0.15) is 0 Å². The zero-order chi connectivity index (χ0) is 10.0. The summed E-state index contributed by atoms with van der Waals surface area (Å²) in [7, 11) is 0. The summed E-state index contributed by atoms with van der Waals surface area (Å²) in [5, 5.41) is 0.434. The molecule has 1 aromatic rings. The van der Waals surface area contributed by atoms with E-state index in [1.807, 2.05) is 0 Å². The molecular formula is C8H9BrF2N2. The van der Waals surface area contributed by atoms with Crippen LogP contribution >= 0.6 is 15.9 Å². The fraction of sp³-hybridized carbons (Fsp3) is 0.375. The molecule has 13 heavy (non-hydrogen) atoms. The Morgan fingerprint density at radius 2 is 2.23 bits per heavy atom. The molecule has 2 N–H and O–H groups in total. The van der Waals surface area contributed by atoms with E-state index in [-0.39, 0.29) is 11.4 Å². The maximum atomic E-state index is 12.4. The quantitative estimate of drug-likeness (QED) is 0.821. The van der Waals surface area contributed by atoms with Crippen LogP contribution in [0.4, 0.5) is 14.6 Å². The Balaban J connectivity index is 3.27. The molecule has 0 bridgehead atoms. The van der Waals surface area contributed by atoms with Crippen molar-refractivity contribution in [1.82, 2.24) is 4.98 Å². The van der Waals surface area contributed by atoms with Crippen LogP contribution < -0.4 is 5.73 Å². The summed E-state index contributed by atoms with van der Waals surface area (Å²) in [5.41, 5.74) is 6.40. The third-order valence-electron chi connectivity index (χ3n) is 1.79. The Labute approximate surface area is 83.3 Å². The highest BCUT2D eigenvalue weighted by molar-refractivity contribution is 9.08. The Morgan fingerprint density at radius 1 is 1.62 bits per heavy atom. The average molecular weight is 251 g/mol. The molecule has 0 aliphatic heterocycles. The average Bonchev–Trinajstić information content (AvgIpc) is 2.08. The first-order chi connectivity index (χ1) is 6.06. The van der Waals surface area contributed by atoms with Gasteiger partial charge in [-0.3, -0.25) is 0 Å². The van der Waals surface area contributed by atoms with Gasteiger partial charge >= 0.3 is 0 Å². The van der Waals surface area contributed by atoms with Crippen molar-refractivity contribution in [2.75, 3.05) is 5.73 Å². The van der Waals surface area contributed by atoms with Crippen molar-refractivity contribution >= 4 is 21.7 Å². The smallest absolute Gasteiger partial charge is 0.264 e. The van der Waals surface area contributed by atoms with Gasteiger partial charge in [0, 0.05) is 10.9 Å². The van der Waals surface area contributed by atoms with Crippen LogP contribution in [-0.2, 0) is 5.33 Å². The van der Waals surface area contributed by atoms with Gasteiger partial charge < -0.3 is 5.73 Å². The summed E-state index contributed by atoms with van der Waals surface area (Å²) in [4.78, 5) is 3.93. The van der Waals surface area contributed by atoms with Crippen molar-refractivity contribution in [3.05, 3.63) is 22.9 Å². The van der Waals surface area contributed by atoms with Crippen molar-refractivity contribution in [2.24, 2.45) is 0 Å². The van der Waals surface area contributed by atoms with Gasteiger partial charge in [-0.25, -0.2) is 13.8 Å². The van der Waals surface area contributed by atoms with E-state index >= 15 is 0 Å². The van der Waals surface area contributed by atoms with Crippen molar-refractivity contribution in [3.63, 3.8) is 0 Å². The van der Waals surface area contributed by atoms with E-state index < -0.39 is 6.43 Å². The molecule has 0 aromatic carbocycles. The van der Waals surface area contributed by atoms with Gasteiger partial charge in [-0.05, 0) is 18.6 Å². The number of pyridine rings is 1. The maximum absolute atomic E-state index is 12.4. The Kier molecular flexibility index (Phi) is 3.19. The van der Waals surface area contributed by atoms with Crippen LogP contribution in [0.2, 0.25) is 0 Å². The zero-order valence-electron chi connectivity index (χ0n) is 7.02. The third-order valence-corrected chi connectivity index (χ3v) is 2.33. The molecular weight excluding hydrogens is 242 g/mol. The molecule has 0 radical (unpaired) electrons. The van der Waals surface area contributed by atoms with E-state index in [9.17, 15) is 8.78 Å². The number of nitrogen functional groups attached to an aromatic ring is 1. The van der Waals surface area contributed by atoms with E-state index in [4.69, 9.17) is 5.73 Å². The zero-order valence-corrected chi connectivity index (χ0v) is 8.61. The first-order valence-electron chi connectivity index (χ1n) is 3.66. The molecule has 0 saturated carbocycles. The summed E-state index contributed by atoms with van der Waals surface area (Å²) in [6.45, 7) is 1.62. The van der Waals surface area contributed by atoms with Crippen LogP contribution in [0.5, 0.6) is 0 Å². The highest BCUT2D eigenvalue weighted by Gasteiger charge is 2.14. The summed E-state index contributed by atoms with van der Waals surface area (Å²) in [5.74, 6) is 0.135. The van der Waals surface area contributed by atoms with Gasteiger partial charge in [0.2, 0.25) is 0 Å². The normalized spacial score (nSPS) is 10.8. The number of halogens is 3. The first kappa shape index (κ1) is 10.4. The molecule has 0 amide bonds. The second-order valence-electron chi connectivity index (χ2n) is 2.64. The van der Waals surface area contributed by atoms with Crippen molar-refractivity contribution < 1.29 is 8.78 Å². The molecule has 1 heterocycles. The van der Waals surface area contributed by atoms with E-state index in [0.717, 1.165) is 0 Å². The van der Waals surface area contributed by atoms with E-state index in [1.165, 1.54) is 6.07 Å². The lowest BCUT2D eigenvalue weighted by atomic mass is 10.1. The van der Waals surface area contributed by atoms with Gasteiger partial charge in [0.1, 0.15) is 5.82 Å². The fourth-order valence-corrected chi connectivity index (χ4v) is 1.61. The Hall–Kier alpha value is -0.710. The number of rotatable bonds is 2. The molecule has 2 nitrogen and oxygen atoms in total. The number of nitrogens with zero attached hydrogens (tertiary/aromatic N) is 1. The van der Waals surface area contributed by atoms with Crippen LogP contribution in [0.3, 0.4) is 0 Å². The summed E-state index contributed by atoms with van der Waals surface area (Å²) >= 11 is 3.16. The summed E-state index contributed by atoms with van der Waals surface area (Å²) in [6.07, 6.45) is -2.50. The lowest BCUT2D eigenvalue weighted by Crippen LogP contribution is -2.02. The van der Waals surface area contributed by atoms with Crippen LogP contribution in [0, 0.1) is 6.92 Å². The van der Waals surface area contributed by atoms with E-state index in [1.54, 1.807) is 6.92 Å². The third kappa shape index (κ3) is 2.15. The molecule has 1 aromatic heterocycles. The number of anilines is 1. The van der Waals surface area contributed by atoms with Gasteiger partial charge in [0.25, 0.3) is 6.43 Å². The second-order valence-corrected chi connectivity index (χ2v) is 3.20. The predicted molar refractivity (Wildman–Crippen MR) is 51.0 cm³/mol. The van der Waals surface area contributed by atoms with Crippen LogP contribution in [0.1, 0.15) is 23.2 Å². The molecule has 0 atom stereocenters. The molecule has 72 valence electrons. The molecule has 0 unspecified atom stereocenters. The van der Waals surface area contributed by atoms with Gasteiger partial charge in [0.15, 0.2) is 0 Å². The van der Waals surface area contributed by atoms with Crippen LogP contribution in [0.15, 0.2) is 6.07 Å². The lowest BCUT2D eigenvalue weighted by molar-refractivity contribution is 0.150. The number of hydrogen-bond acceptors (Lipinski definition) is 2. The number of alkyl halides is 3. The number of aromatic nitrogens is 1. The van der Waals surface area contributed by atoms with Crippen molar-refractivity contribution in [1.29, 1.82) is 0 Å². The molecule has 0 aliphatic rings. The summed E-state index contributed by atoms with van der Waals surface area (Å²) in [6, 6.07) is 1.21. The molecule has 0 fully saturated rings. The molecule has 0 spiro atoms. The largest absolute Gasteiger partial charge is 0.384 e. The maximum Gasteiger partial charge on any atom is 0.264 e. The van der Waals surface area contributed by atoms with Crippen molar-refractivity contribution in [2.45, 2.75) is 18.7 Å². The standard InChI is InChI=1S/C8H9BrF2N2/c1-4-5(8(10)11)2-7(12)13-6(4)3-9/h2,8H,3H2,1H3,(H2,12,13). The molecule has 5 heteroatoms. The van der Waals surface area contributed by atoms with Gasteiger partial charge in [-0.1, -0.05) is 15.9 Å². The molecule has 1 rings (SSSR count). The van der Waals surface area contributed by atoms with Crippen LogP contribution in [-0.4, -0.2) is 4.98 Å². The Bertz CT molecular complexity index is 315. The fourth-order valence-electron chi connectivity index (χ4n) is 1.06. The minimum absolute atomic E-state index is 0.0399. The highest BCUT2D eigenvalue weighted by Crippen LogP contribution is 2.26. The van der Waals surface area contributed by atoms with Gasteiger partial charge in [-0.15, -0.1) is 0 Å². The number of hydrogen-bond donors (Lipinski definition) is 1. The molecule has 0 saturated heterocycles. The van der Waals surface area contributed by atoms with E-state index in [2.05, 4.69) is 20.9 Å². The topological polar surface area (TPSA) is 38.9 Å². The van der Waals surface area contributed by atoms with Crippen LogP contribution in [0.25, 0.3) is 0 Å². The SMILES string of the molecule is Cc1c(C(F)F)cc(N)nc1CBr. The lowest BCUT2D eigenvalue weighted by Gasteiger charge is -2.09. The second kappa shape index (κ2) is 4.00. The van der Waals surface area contributed by atoms with Gasteiger partial charge in [0.05, 0.1) is 5.69 Å². The summed E-state index contributed by atoms with van der Waals surface area (Å²) < 4.78 is 24.9. The monoisotopic (exact) mass is 250 g/mol. The Morgan fingerprint density at radius 3 is 2.69 bits per heavy atom.